The van der Waals surface area contributed by atoms with Crippen molar-refractivity contribution >= 4 is 28.6 Å². The third kappa shape index (κ3) is 5.80. The minimum Gasteiger partial charge on any atom is -0.478 e. The lowest BCUT2D eigenvalue weighted by Crippen LogP contribution is -2.31. The van der Waals surface area contributed by atoms with Gasteiger partial charge in [0.2, 0.25) is 5.88 Å². The van der Waals surface area contributed by atoms with Crippen LogP contribution in [0, 0.1) is 12.7 Å². The van der Waals surface area contributed by atoms with E-state index in [0.717, 1.165) is 52.3 Å². The van der Waals surface area contributed by atoms with Gasteiger partial charge in [0.25, 0.3) is 0 Å². The second kappa shape index (κ2) is 11.3. The summed E-state index contributed by atoms with van der Waals surface area (Å²) in [6.07, 6.45) is 1.64. The number of nitrogens with zero attached hydrogens (tertiary/aromatic N) is 3. The molecule has 3 heterocycles. The molecular weight excluding hydrogens is 545 g/mol. The van der Waals surface area contributed by atoms with Gasteiger partial charge in [-0.2, -0.15) is 0 Å². The van der Waals surface area contributed by atoms with E-state index in [4.69, 9.17) is 26.1 Å². The number of aromatic carboxylic acids is 1. The summed E-state index contributed by atoms with van der Waals surface area (Å²) in [5, 5.41) is 9.83. The summed E-state index contributed by atoms with van der Waals surface area (Å²) in [5.74, 6) is -0.134. The van der Waals surface area contributed by atoms with E-state index in [1.54, 1.807) is 36.4 Å². The van der Waals surface area contributed by atoms with E-state index in [0.29, 0.717) is 29.4 Å². The molecule has 1 aliphatic heterocycles. The third-order valence-corrected chi connectivity index (χ3v) is 7.53. The van der Waals surface area contributed by atoms with Gasteiger partial charge in [-0.15, -0.1) is 0 Å². The molecule has 6 rings (SSSR count). The third-order valence-electron chi connectivity index (χ3n) is 7.30. The molecule has 3 aromatic carbocycles. The lowest BCUT2D eigenvalue weighted by Gasteiger charge is -2.27. The SMILES string of the molecule is Cc1cc(Cc2nc3ccc(C(=O)O)cc3n2C[C@@H]2CCO2)ccc1-c1cccc(OCc2ccc(Cl)cc2F)n1. The molecule has 1 fully saturated rings. The van der Waals surface area contributed by atoms with Crippen molar-refractivity contribution in [3.63, 3.8) is 0 Å². The van der Waals surface area contributed by atoms with Crippen molar-refractivity contribution in [1.29, 1.82) is 0 Å². The minimum absolute atomic E-state index is 0.0399. The van der Waals surface area contributed by atoms with Crippen LogP contribution in [0.2, 0.25) is 5.02 Å². The second-order valence-electron chi connectivity index (χ2n) is 10.1. The number of fused-ring (bicyclic) bond motifs is 1. The first-order chi connectivity index (χ1) is 19.8. The summed E-state index contributed by atoms with van der Waals surface area (Å²) in [6.45, 7) is 3.44. The molecule has 0 aliphatic carbocycles. The predicted octanol–water partition coefficient (Wildman–Crippen LogP) is 6.86. The Bertz CT molecular complexity index is 1770. The van der Waals surface area contributed by atoms with Crippen LogP contribution in [0.5, 0.6) is 5.88 Å². The number of pyridine rings is 1. The Hall–Kier alpha value is -4.27. The molecule has 0 amide bonds. The summed E-state index contributed by atoms with van der Waals surface area (Å²) in [7, 11) is 0. The van der Waals surface area contributed by atoms with Crippen molar-refractivity contribution in [3.05, 3.63) is 112 Å². The highest BCUT2D eigenvalue weighted by Crippen LogP contribution is 2.28. The average Bonchev–Trinajstić information content (AvgIpc) is 3.26. The van der Waals surface area contributed by atoms with Gasteiger partial charge in [0, 0.05) is 35.2 Å². The number of benzene rings is 3. The van der Waals surface area contributed by atoms with Gasteiger partial charge in [0.1, 0.15) is 18.2 Å². The lowest BCUT2D eigenvalue weighted by molar-refractivity contribution is -0.0589. The highest BCUT2D eigenvalue weighted by Gasteiger charge is 2.22. The molecule has 1 N–H and O–H groups in total. The molecule has 208 valence electrons. The number of hydrogen-bond acceptors (Lipinski definition) is 5. The Morgan fingerprint density at radius 3 is 2.71 bits per heavy atom. The fraction of sp³-hybridized carbons (Fsp3) is 0.219. The number of ether oxygens (including phenoxy) is 2. The normalized spacial score (nSPS) is 14.7. The zero-order chi connectivity index (χ0) is 28.5. The molecule has 1 aliphatic rings. The van der Waals surface area contributed by atoms with Gasteiger partial charge in [0.15, 0.2) is 0 Å². The first kappa shape index (κ1) is 26.9. The maximum absolute atomic E-state index is 14.1. The van der Waals surface area contributed by atoms with E-state index in [9.17, 15) is 14.3 Å². The molecule has 1 saturated heterocycles. The van der Waals surface area contributed by atoms with Crippen LogP contribution in [0.15, 0.2) is 72.8 Å². The van der Waals surface area contributed by atoms with Gasteiger partial charge in [-0.25, -0.2) is 19.2 Å². The van der Waals surface area contributed by atoms with Gasteiger partial charge in [-0.05, 0) is 60.9 Å². The summed E-state index contributed by atoms with van der Waals surface area (Å²) in [6, 6.07) is 21.2. The summed E-state index contributed by atoms with van der Waals surface area (Å²) in [4.78, 5) is 21.1. The molecule has 5 aromatic rings. The number of carbonyl (C=O) groups is 1. The number of hydrogen-bond donors (Lipinski definition) is 1. The highest BCUT2D eigenvalue weighted by atomic mass is 35.5. The summed E-state index contributed by atoms with van der Waals surface area (Å²) in [5.41, 5.74) is 6.00. The maximum atomic E-state index is 14.1. The van der Waals surface area contributed by atoms with Crippen LogP contribution in [-0.4, -0.2) is 38.3 Å². The highest BCUT2D eigenvalue weighted by molar-refractivity contribution is 6.30. The number of rotatable bonds is 9. The van der Waals surface area contributed by atoms with Gasteiger partial charge >= 0.3 is 5.97 Å². The van der Waals surface area contributed by atoms with Crippen LogP contribution in [-0.2, 0) is 24.3 Å². The lowest BCUT2D eigenvalue weighted by atomic mass is 10.0. The van der Waals surface area contributed by atoms with Crippen LogP contribution in [0.25, 0.3) is 22.3 Å². The largest absolute Gasteiger partial charge is 0.478 e. The molecule has 1 atom stereocenters. The van der Waals surface area contributed by atoms with Gasteiger partial charge in [-0.1, -0.05) is 41.9 Å². The number of imidazole rings is 1. The number of carboxylic acid groups (broad SMARTS) is 1. The molecule has 0 radical (unpaired) electrons. The van der Waals surface area contributed by atoms with E-state index < -0.39 is 11.8 Å². The molecule has 41 heavy (non-hydrogen) atoms. The predicted molar refractivity (Wildman–Crippen MR) is 154 cm³/mol. The monoisotopic (exact) mass is 571 g/mol. The van der Waals surface area contributed by atoms with Crippen LogP contribution < -0.4 is 4.74 Å². The van der Waals surface area contributed by atoms with E-state index in [1.807, 2.05) is 31.2 Å². The Labute approximate surface area is 241 Å². The van der Waals surface area contributed by atoms with E-state index in [1.165, 1.54) is 6.07 Å². The quantitative estimate of drug-likeness (QED) is 0.208. The molecule has 2 aromatic heterocycles. The fourth-order valence-corrected chi connectivity index (χ4v) is 5.18. The van der Waals surface area contributed by atoms with Crippen molar-refractivity contribution in [2.45, 2.75) is 39.0 Å². The van der Waals surface area contributed by atoms with Crippen molar-refractivity contribution in [2.24, 2.45) is 0 Å². The van der Waals surface area contributed by atoms with Crippen LogP contribution in [0.3, 0.4) is 0 Å². The molecule has 0 bridgehead atoms. The number of halogens is 2. The fourth-order valence-electron chi connectivity index (χ4n) is 5.02. The second-order valence-corrected chi connectivity index (χ2v) is 10.6. The Kier molecular flexibility index (Phi) is 7.43. The maximum Gasteiger partial charge on any atom is 0.335 e. The average molecular weight is 572 g/mol. The molecule has 9 heteroatoms. The number of aryl methyl sites for hydroxylation is 1. The summed E-state index contributed by atoms with van der Waals surface area (Å²) < 4.78 is 27.7. The van der Waals surface area contributed by atoms with Gasteiger partial charge < -0.3 is 19.1 Å². The minimum atomic E-state index is -0.965. The van der Waals surface area contributed by atoms with Crippen LogP contribution in [0.4, 0.5) is 4.39 Å². The molecule has 0 spiro atoms. The molecule has 0 saturated carbocycles. The van der Waals surface area contributed by atoms with E-state index in [-0.39, 0.29) is 18.3 Å². The van der Waals surface area contributed by atoms with Crippen molar-refractivity contribution in [1.82, 2.24) is 14.5 Å². The van der Waals surface area contributed by atoms with Crippen LogP contribution >= 0.6 is 11.6 Å². The molecule has 0 unspecified atom stereocenters. The van der Waals surface area contributed by atoms with E-state index >= 15 is 0 Å². The Morgan fingerprint density at radius 2 is 1.98 bits per heavy atom. The Balaban J connectivity index is 1.23. The van der Waals surface area contributed by atoms with Crippen LogP contribution in [0.1, 0.15) is 39.3 Å². The number of carboxylic acids is 1. The number of aromatic nitrogens is 3. The molecule has 7 nitrogen and oxygen atoms in total. The van der Waals surface area contributed by atoms with Crippen molar-refractivity contribution in [3.8, 4) is 17.1 Å². The van der Waals surface area contributed by atoms with E-state index in [2.05, 4.69) is 15.6 Å². The van der Waals surface area contributed by atoms with Gasteiger partial charge in [-0.3, -0.25) is 0 Å². The first-order valence-electron chi connectivity index (χ1n) is 13.3. The zero-order valence-electron chi connectivity index (χ0n) is 22.3. The zero-order valence-corrected chi connectivity index (χ0v) is 23.1. The van der Waals surface area contributed by atoms with Crippen molar-refractivity contribution in [2.75, 3.05) is 6.61 Å². The van der Waals surface area contributed by atoms with Gasteiger partial charge in [0.05, 0.1) is 34.9 Å². The smallest absolute Gasteiger partial charge is 0.335 e. The standard InChI is InChI=1S/C32H27ClFN3O4/c1-19-13-20(14-30-35-28-10-7-21(32(38)39)15-29(28)37(30)17-24-11-12-40-24)5-9-25(19)27-3-2-4-31(36-27)41-18-22-6-8-23(33)16-26(22)34/h2-10,13,15-16,24H,11-12,14,17-18H2,1H3,(H,38,39)/t24-/m0/s1. The summed E-state index contributed by atoms with van der Waals surface area (Å²) >= 11 is 5.84. The van der Waals surface area contributed by atoms with Crippen molar-refractivity contribution < 1.29 is 23.8 Å². The topological polar surface area (TPSA) is 86.5 Å². The Morgan fingerprint density at radius 1 is 1.12 bits per heavy atom. The molecular formula is C32H27ClFN3O4. The first-order valence-corrected chi connectivity index (χ1v) is 13.7.